The molecule has 1 heterocycles. The van der Waals surface area contributed by atoms with Gasteiger partial charge in [0.05, 0.1) is 13.2 Å². The van der Waals surface area contributed by atoms with Crippen LogP contribution < -0.4 is 0 Å². The summed E-state index contributed by atoms with van der Waals surface area (Å²) in [5, 5.41) is 2.38. The van der Waals surface area contributed by atoms with Gasteiger partial charge in [0, 0.05) is 30.7 Å². The van der Waals surface area contributed by atoms with E-state index in [0.717, 1.165) is 12.0 Å². The Balaban J connectivity index is 2.13. The number of rotatable bonds is 10. The van der Waals surface area contributed by atoms with Crippen LogP contribution in [0.3, 0.4) is 0 Å². The Hall–Kier alpha value is -2.25. The fourth-order valence-electron chi connectivity index (χ4n) is 2.58. The van der Waals surface area contributed by atoms with Gasteiger partial charge in [-0.25, -0.2) is 9.78 Å². The van der Waals surface area contributed by atoms with Crippen molar-refractivity contribution in [2.24, 2.45) is 0 Å². The van der Waals surface area contributed by atoms with Gasteiger partial charge < -0.3 is 14.4 Å². The highest BCUT2D eigenvalue weighted by Gasteiger charge is 2.20. The molecule has 0 bridgehead atoms. The molecule has 0 aliphatic heterocycles. The van der Waals surface area contributed by atoms with E-state index in [1.54, 1.807) is 17.2 Å². The maximum Gasteiger partial charge on any atom is 0.357 e. The lowest BCUT2D eigenvalue weighted by molar-refractivity contribution is 0.0520. The van der Waals surface area contributed by atoms with Gasteiger partial charge in [0.2, 0.25) is 0 Å². The number of thiazole rings is 1. The molecule has 0 aliphatic rings. The summed E-state index contributed by atoms with van der Waals surface area (Å²) in [6.45, 7) is 8.09. The van der Waals surface area contributed by atoms with E-state index in [2.05, 4.69) is 4.98 Å². The van der Waals surface area contributed by atoms with Crippen molar-refractivity contribution < 1.29 is 19.1 Å². The molecule has 0 N–H and O–H groups in total. The summed E-state index contributed by atoms with van der Waals surface area (Å²) in [5.41, 5.74) is 1.90. The van der Waals surface area contributed by atoms with Crippen LogP contribution in [0.5, 0.6) is 0 Å². The van der Waals surface area contributed by atoms with E-state index >= 15 is 0 Å². The molecule has 146 valence electrons. The highest BCUT2D eigenvalue weighted by Crippen LogP contribution is 2.17. The first-order valence-electron chi connectivity index (χ1n) is 9.11. The van der Waals surface area contributed by atoms with Crippen LogP contribution in [0.2, 0.25) is 0 Å². The maximum absolute atomic E-state index is 13.0. The van der Waals surface area contributed by atoms with Gasteiger partial charge in [-0.3, -0.25) is 4.79 Å². The Kier molecular flexibility index (Phi) is 8.42. The molecular weight excluding hydrogens is 364 g/mol. The number of aryl methyl sites for hydroxylation is 1. The molecule has 0 saturated heterocycles. The van der Waals surface area contributed by atoms with Crippen molar-refractivity contribution in [2.75, 3.05) is 26.4 Å². The van der Waals surface area contributed by atoms with E-state index in [4.69, 9.17) is 9.47 Å². The van der Waals surface area contributed by atoms with Gasteiger partial charge in [-0.2, -0.15) is 0 Å². The predicted molar refractivity (Wildman–Crippen MR) is 105 cm³/mol. The molecule has 2 rings (SSSR count). The van der Waals surface area contributed by atoms with Gasteiger partial charge in [0.25, 0.3) is 5.91 Å². The smallest absolute Gasteiger partial charge is 0.357 e. The Morgan fingerprint density at radius 3 is 2.67 bits per heavy atom. The predicted octanol–water partition coefficient (Wildman–Crippen LogP) is 3.70. The fraction of sp³-hybridized carbons (Fsp3) is 0.450. The maximum atomic E-state index is 13.0. The zero-order valence-corrected chi connectivity index (χ0v) is 16.9. The highest BCUT2D eigenvalue weighted by molar-refractivity contribution is 7.09. The first-order valence-corrected chi connectivity index (χ1v) is 9.98. The fourth-order valence-corrected chi connectivity index (χ4v) is 3.36. The van der Waals surface area contributed by atoms with Gasteiger partial charge in [-0.05, 0) is 38.8 Å². The SMILES string of the molecule is CCOCCCN(Cc1nc(C(=O)OCC)cs1)C(=O)c1ccccc1C. The lowest BCUT2D eigenvalue weighted by atomic mass is 10.1. The number of carbonyl (C=O) groups excluding carboxylic acids is 2. The van der Waals surface area contributed by atoms with Crippen LogP contribution in [0, 0.1) is 6.92 Å². The number of benzene rings is 1. The third-order valence-electron chi connectivity index (χ3n) is 3.95. The van der Waals surface area contributed by atoms with E-state index in [9.17, 15) is 9.59 Å². The second-order valence-electron chi connectivity index (χ2n) is 5.94. The second-order valence-corrected chi connectivity index (χ2v) is 6.88. The van der Waals surface area contributed by atoms with E-state index in [-0.39, 0.29) is 11.6 Å². The minimum Gasteiger partial charge on any atom is -0.461 e. The average Bonchev–Trinajstić information content (AvgIpc) is 3.13. The summed E-state index contributed by atoms with van der Waals surface area (Å²) in [6, 6.07) is 7.53. The summed E-state index contributed by atoms with van der Waals surface area (Å²) in [7, 11) is 0. The molecule has 0 aliphatic carbocycles. The van der Waals surface area contributed by atoms with E-state index in [1.165, 1.54) is 11.3 Å². The molecule has 0 fully saturated rings. The van der Waals surface area contributed by atoms with E-state index < -0.39 is 5.97 Å². The normalized spacial score (nSPS) is 10.6. The van der Waals surface area contributed by atoms with Gasteiger partial charge in [-0.15, -0.1) is 11.3 Å². The van der Waals surface area contributed by atoms with Gasteiger partial charge in [-0.1, -0.05) is 18.2 Å². The largest absolute Gasteiger partial charge is 0.461 e. The van der Waals surface area contributed by atoms with Gasteiger partial charge in [0.15, 0.2) is 5.69 Å². The molecule has 0 saturated carbocycles. The van der Waals surface area contributed by atoms with Crippen LogP contribution in [0.15, 0.2) is 29.6 Å². The van der Waals surface area contributed by atoms with Crippen molar-refractivity contribution in [3.8, 4) is 0 Å². The molecule has 27 heavy (non-hydrogen) atoms. The Labute approximate surface area is 164 Å². The molecule has 6 nitrogen and oxygen atoms in total. The summed E-state index contributed by atoms with van der Waals surface area (Å²) in [5.74, 6) is -0.481. The summed E-state index contributed by atoms with van der Waals surface area (Å²) >= 11 is 1.36. The van der Waals surface area contributed by atoms with Crippen LogP contribution in [-0.4, -0.2) is 48.1 Å². The molecule has 7 heteroatoms. The summed E-state index contributed by atoms with van der Waals surface area (Å²) in [6.07, 6.45) is 0.738. The van der Waals surface area contributed by atoms with Crippen molar-refractivity contribution in [2.45, 2.75) is 33.7 Å². The Morgan fingerprint density at radius 2 is 1.96 bits per heavy atom. The molecule has 0 radical (unpaired) electrons. The highest BCUT2D eigenvalue weighted by atomic mass is 32.1. The van der Waals surface area contributed by atoms with Crippen LogP contribution in [0.4, 0.5) is 0 Å². The number of hydrogen-bond acceptors (Lipinski definition) is 6. The number of amides is 1. The Morgan fingerprint density at radius 1 is 1.19 bits per heavy atom. The number of aromatic nitrogens is 1. The van der Waals surface area contributed by atoms with Crippen LogP contribution in [0.25, 0.3) is 0 Å². The molecule has 2 aromatic rings. The standard InChI is InChI=1S/C20H26N2O4S/c1-4-25-12-8-11-22(19(23)16-10-7-6-9-15(16)3)13-18-21-17(14-27-18)20(24)26-5-2/h6-7,9-10,14H,4-5,8,11-13H2,1-3H3. The average molecular weight is 391 g/mol. The van der Waals surface area contributed by atoms with Gasteiger partial charge >= 0.3 is 5.97 Å². The topological polar surface area (TPSA) is 68.7 Å². The van der Waals surface area contributed by atoms with Crippen LogP contribution in [0.1, 0.15) is 51.7 Å². The lowest BCUT2D eigenvalue weighted by Crippen LogP contribution is -2.32. The number of carbonyl (C=O) groups is 2. The molecule has 0 unspecified atom stereocenters. The lowest BCUT2D eigenvalue weighted by Gasteiger charge is -2.22. The molecule has 1 amide bonds. The molecular formula is C20H26N2O4S. The number of esters is 1. The minimum absolute atomic E-state index is 0.0440. The number of ether oxygens (including phenoxy) is 2. The summed E-state index contributed by atoms with van der Waals surface area (Å²) < 4.78 is 10.4. The third kappa shape index (κ3) is 6.15. The van der Waals surface area contributed by atoms with Crippen molar-refractivity contribution in [1.29, 1.82) is 0 Å². The third-order valence-corrected chi connectivity index (χ3v) is 4.78. The Bertz CT molecular complexity index is 760. The van der Waals surface area contributed by atoms with Crippen LogP contribution in [-0.2, 0) is 16.0 Å². The minimum atomic E-state index is -0.437. The number of nitrogens with zero attached hydrogens (tertiary/aromatic N) is 2. The zero-order valence-electron chi connectivity index (χ0n) is 16.1. The van der Waals surface area contributed by atoms with Crippen LogP contribution >= 0.6 is 11.3 Å². The zero-order chi connectivity index (χ0) is 19.6. The summed E-state index contributed by atoms with van der Waals surface area (Å²) in [4.78, 5) is 30.9. The van der Waals surface area contributed by atoms with Crippen molar-refractivity contribution in [3.63, 3.8) is 0 Å². The quantitative estimate of drug-likeness (QED) is 0.457. The molecule has 1 aromatic heterocycles. The molecule has 0 atom stereocenters. The molecule has 1 aromatic carbocycles. The first-order chi connectivity index (χ1) is 13.1. The van der Waals surface area contributed by atoms with Crippen molar-refractivity contribution in [1.82, 2.24) is 9.88 Å². The number of hydrogen-bond donors (Lipinski definition) is 0. The van der Waals surface area contributed by atoms with E-state index in [1.807, 2.05) is 38.1 Å². The van der Waals surface area contributed by atoms with Crippen molar-refractivity contribution >= 4 is 23.2 Å². The monoisotopic (exact) mass is 390 g/mol. The van der Waals surface area contributed by atoms with E-state index in [0.29, 0.717) is 43.5 Å². The first kappa shape index (κ1) is 21.1. The van der Waals surface area contributed by atoms with Gasteiger partial charge in [0.1, 0.15) is 5.01 Å². The van der Waals surface area contributed by atoms with Crippen molar-refractivity contribution in [3.05, 3.63) is 51.5 Å². The molecule has 0 spiro atoms. The second kappa shape index (κ2) is 10.8.